The second-order valence-corrected chi connectivity index (χ2v) is 7.58. The molecule has 0 unspecified atom stereocenters. The summed E-state index contributed by atoms with van der Waals surface area (Å²) in [5.41, 5.74) is 3.71. The molecule has 0 aliphatic heterocycles. The minimum atomic E-state index is -0.0623. The summed E-state index contributed by atoms with van der Waals surface area (Å²) in [5, 5.41) is 7.64. The number of aromatic nitrogens is 4. The molecule has 1 aliphatic carbocycles. The molecule has 4 heterocycles. The minimum absolute atomic E-state index is 0.0623. The lowest BCUT2D eigenvalue weighted by molar-refractivity contribution is 0.0919. The van der Waals surface area contributed by atoms with E-state index in [-0.39, 0.29) is 11.9 Å². The molecule has 0 spiro atoms. The number of nitrogens with one attached hydrogen (secondary N) is 1. The summed E-state index contributed by atoms with van der Waals surface area (Å²) in [6.45, 7) is 0. The van der Waals surface area contributed by atoms with Crippen LogP contribution < -0.4 is 5.32 Å². The van der Waals surface area contributed by atoms with E-state index >= 15 is 0 Å². The van der Waals surface area contributed by atoms with E-state index < -0.39 is 0 Å². The molecule has 5 rings (SSSR count). The molecule has 0 bridgehead atoms. The topological polar surface area (TPSA) is 64.2 Å². The van der Waals surface area contributed by atoms with Crippen LogP contribution in [0.25, 0.3) is 22.5 Å². The van der Waals surface area contributed by atoms with Crippen molar-refractivity contribution in [3.8, 4) is 16.9 Å². The number of nitrogens with zero attached hydrogens (tertiary/aromatic N) is 4. The van der Waals surface area contributed by atoms with Crippen molar-refractivity contribution in [2.24, 2.45) is 0 Å². The van der Waals surface area contributed by atoms with Crippen LogP contribution in [0.15, 0.2) is 67.3 Å². The number of hydrogen-bond acceptors (Lipinski definition) is 3. The molecule has 1 saturated carbocycles. The summed E-state index contributed by atoms with van der Waals surface area (Å²) in [6, 6.07) is 14.2. The van der Waals surface area contributed by atoms with Crippen molar-refractivity contribution in [3.05, 3.63) is 72.9 Å². The lowest BCUT2D eigenvalue weighted by Crippen LogP contribution is -2.37. The number of carbonyl (C=O) groups is 1. The van der Waals surface area contributed by atoms with E-state index in [2.05, 4.69) is 38.1 Å². The maximum atomic E-state index is 12.9. The third kappa shape index (κ3) is 3.42. The molecule has 29 heavy (non-hydrogen) atoms. The van der Waals surface area contributed by atoms with Crippen molar-refractivity contribution in [2.75, 3.05) is 0 Å². The number of fused-ring (bicyclic) bond motifs is 1. The Bertz CT molecular complexity index is 1140. The van der Waals surface area contributed by atoms with Crippen molar-refractivity contribution in [1.82, 2.24) is 24.5 Å². The molecular formula is C23H23N5O. The van der Waals surface area contributed by atoms with E-state index in [0.717, 1.165) is 35.3 Å². The Kier molecular flexibility index (Phi) is 4.60. The van der Waals surface area contributed by atoms with E-state index in [4.69, 9.17) is 0 Å². The van der Waals surface area contributed by atoms with Crippen molar-refractivity contribution in [1.29, 1.82) is 0 Å². The van der Waals surface area contributed by atoms with Gasteiger partial charge in [0.05, 0.1) is 6.20 Å². The quantitative estimate of drug-likeness (QED) is 0.571. The van der Waals surface area contributed by atoms with Gasteiger partial charge in [-0.2, -0.15) is 5.10 Å². The standard InChI is InChI=1S/C23H23N5O/c29-23(26-19-6-2-1-3-7-19)21-12-14-25-28(21)22-11-10-20-9-8-18(16-27(20)22)17-5-4-13-24-15-17/h4-5,8-16,19H,1-3,6-7H2,(H,26,29). The maximum absolute atomic E-state index is 12.9. The molecule has 1 fully saturated rings. The molecule has 0 saturated heterocycles. The Balaban J connectivity index is 1.50. The zero-order chi connectivity index (χ0) is 19.6. The predicted molar refractivity (Wildman–Crippen MR) is 112 cm³/mol. The van der Waals surface area contributed by atoms with E-state index in [1.165, 1.54) is 19.3 Å². The Morgan fingerprint density at radius 1 is 0.966 bits per heavy atom. The van der Waals surface area contributed by atoms with Crippen LogP contribution in [0.4, 0.5) is 0 Å². The summed E-state index contributed by atoms with van der Waals surface area (Å²) in [5.74, 6) is 0.775. The third-order valence-electron chi connectivity index (χ3n) is 5.66. The minimum Gasteiger partial charge on any atom is -0.348 e. The lowest BCUT2D eigenvalue weighted by Gasteiger charge is -2.22. The first-order valence-electron chi connectivity index (χ1n) is 10.2. The summed E-state index contributed by atoms with van der Waals surface area (Å²) < 4.78 is 3.78. The Labute approximate surface area is 169 Å². The fraction of sp³-hybridized carbons (Fsp3) is 0.261. The van der Waals surface area contributed by atoms with Gasteiger partial charge in [0.15, 0.2) is 0 Å². The first-order chi connectivity index (χ1) is 14.3. The van der Waals surface area contributed by atoms with Gasteiger partial charge in [-0.1, -0.05) is 31.4 Å². The van der Waals surface area contributed by atoms with Crippen LogP contribution in [0.1, 0.15) is 42.6 Å². The molecule has 6 heteroatoms. The third-order valence-corrected chi connectivity index (χ3v) is 5.66. The molecule has 6 nitrogen and oxygen atoms in total. The highest BCUT2D eigenvalue weighted by atomic mass is 16.2. The predicted octanol–water partition coefficient (Wildman–Crippen LogP) is 4.25. The largest absolute Gasteiger partial charge is 0.348 e. The van der Waals surface area contributed by atoms with Crippen LogP contribution in [-0.4, -0.2) is 31.1 Å². The fourth-order valence-corrected chi connectivity index (χ4v) is 4.13. The molecule has 1 N–H and O–H groups in total. The normalized spacial score (nSPS) is 14.9. The zero-order valence-corrected chi connectivity index (χ0v) is 16.2. The van der Waals surface area contributed by atoms with Gasteiger partial charge < -0.3 is 9.72 Å². The Morgan fingerprint density at radius 2 is 1.83 bits per heavy atom. The van der Waals surface area contributed by atoms with Gasteiger partial charge >= 0.3 is 0 Å². The zero-order valence-electron chi connectivity index (χ0n) is 16.2. The van der Waals surface area contributed by atoms with Crippen molar-refractivity contribution in [2.45, 2.75) is 38.1 Å². The van der Waals surface area contributed by atoms with Gasteiger partial charge in [-0.3, -0.25) is 9.78 Å². The lowest BCUT2D eigenvalue weighted by atomic mass is 9.95. The maximum Gasteiger partial charge on any atom is 0.270 e. The van der Waals surface area contributed by atoms with E-state index in [1.807, 2.05) is 30.5 Å². The van der Waals surface area contributed by atoms with Crippen LogP contribution in [0.5, 0.6) is 0 Å². The number of amides is 1. The fourth-order valence-electron chi connectivity index (χ4n) is 4.13. The van der Waals surface area contributed by atoms with Gasteiger partial charge in [0.2, 0.25) is 0 Å². The monoisotopic (exact) mass is 385 g/mol. The number of rotatable bonds is 4. The highest BCUT2D eigenvalue weighted by molar-refractivity contribution is 5.93. The summed E-state index contributed by atoms with van der Waals surface area (Å²) >= 11 is 0. The van der Waals surface area contributed by atoms with Gasteiger partial charge in [0.1, 0.15) is 11.5 Å². The molecule has 1 aliphatic rings. The summed E-state index contributed by atoms with van der Waals surface area (Å²) in [4.78, 5) is 17.1. The molecule has 0 atom stereocenters. The summed E-state index contributed by atoms with van der Waals surface area (Å²) in [6.07, 6.45) is 13.1. The molecule has 4 aromatic rings. The Morgan fingerprint density at radius 3 is 2.66 bits per heavy atom. The molecule has 146 valence electrons. The first-order valence-corrected chi connectivity index (χ1v) is 10.2. The SMILES string of the molecule is O=C(NC1CCCCC1)c1ccnn1-c1ccc2ccc(-c3cccnc3)cn12. The molecule has 0 aromatic carbocycles. The second-order valence-electron chi connectivity index (χ2n) is 7.58. The van der Waals surface area contributed by atoms with Crippen LogP contribution in [-0.2, 0) is 0 Å². The van der Waals surface area contributed by atoms with Gasteiger partial charge in [0.25, 0.3) is 5.91 Å². The van der Waals surface area contributed by atoms with Crippen LogP contribution in [0.2, 0.25) is 0 Å². The van der Waals surface area contributed by atoms with E-state index in [0.29, 0.717) is 5.69 Å². The van der Waals surface area contributed by atoms with Crippen molar-refractivity contribution >= 4 is 11.4 Å². The average Bonchev–Trinajstić information content (AvgIpc) is 3.41. The van der Waals surface area contributed by atoms with E-state index in [9.17, 15) is 4.79 Å². The van der Waals surface area contributed by atoms with Gasteiger partial charge in [0, 0.05) is 35.7 Å². The first kappa shape index (κ1) is 17.7. The van der Waals surface area contributed by atoms with E-state index in [1.54, 1.807) is 23.1 Å². The number of carbonyl (C=O) groups excluding carboxylic acids is 1. The van der Waals surface area contributed by atoms with Crippen LogP contribution >= 0.6 is 0 Å². The average molecular weight is 385 g/mol. The second kappa shape index (κ2) is 7.54. The molecular weight excluding hydrogens is 362 g/mol. The van der Waals surface area contributed by atoms with Gasteiger partial charge in [-0.25, -0.2) is 4.68 Å². The smallest absolute Gasteiger partial charge is 0.270 e. The number of pyridine rings is 2. The van der Waals surface area contributed by atoms with Crippen LogP contribution in [0, 0.1) is 0 Å². The molecule has 1 amide bonds. The van der Waals surface area contributed by atoms with Gasteiger partial charge in [-0.15, -0.1) is 0 Å². The summed E-state index contributed by atoms with van der Waals surface area (Å²) in [7, 11) is 0. The van der Waals surface area contributed by atoms with Crippen molar-refractivity contribution in [3.63, 3.8) is 0 Å². The highest BCUT2D eigenvalue weighted by Crippen LogP contribution is 2.23. The van der Waals surface area contributed by atoms with Crippen molar-refractivity contribution < 1.29 is 4.79 Å². The number of hydrogen-bond donors (Lipinski definition) is 1. The highest BCUT2D eigenvalue weighted by Gasteiger charge is 2.20. The molecule has 4 aromatic heterocycles. The van der Waals surface area contributed by atoms with Gasteiger partial charge in [-0.05, 0) is 48.7 Å². The Hall–Kier alpha value is -3.41. The van der Waals surface area contributed by atoms with Crippen LogP contribution in [0.3, 0.4) is 0 Å². The molecule has 0 radical (unpaired) electrons.